The van der Waals surface area contributed by atoms with Gasteiger partial charge in [0.15, 0.2) is 0 Å². The van der Waals surface area contributed by atoms with Gasteiger partial charge in [-0.2, -0.15) is 13.5 Å². The lowest BCUT2D eigenvalue weighted by molar-refractivity contribution is -0.141. The van der Waals surface area contributed by atoms with Crippen LogP contribution in [0.15, 0.2) is 40.3 Å². The van der Waals surface area contributed by atoms with Crippen LogP contribution in [0.3, 0.4) is 0 Å². The molecule has 1 N–H and O–H groups in total. The van der Waals surface area contributed by atoms with E-state index in [0.717, 1.165) is 0 Å². The number of hydrazone groups is 1. The van der Waals surface area contributed by atoms with Crippen molar-refractivity contribution >= 4 is 21.7 Å². The van der Waals surface area contributed by atoms with E-state index in [2.05, 4.69) is 9.93 Å². The maximum Gasteiger partial charge on any atom is 0.311 e. The zero-order chi connectivity index (χ0) is 14.3. The van der Waals surface area contributed by atoms with Gasteiger partial charge >= 0.3 is 5.97 Å². The molecule has 0 saturated carbocycles. The molecule has 0 radical (unpaired) electrons. The monoisotopic (exact) mass is 284 g/mol. The third kappa shape index (κ3) is 5.09. The van der Waals surface area contributed by atoms with Crippen molar-refractivity contribution in [2.45, 2.75) is 25.2 Å². The highest BCUT2D eigenvalue weighted by atomic mass is 32.2. The molecule has 0 saturated heterocycles. The van der Waals surface area contributed by atoms with Gasteiger partial charge in [0.05, 0.1) is 17.9 Å². The Morgan fingerprint density at radius 3 is 2.53 bits per heavy atom. The van der Waals surface area contributed by atoms with Gasteiger partial charge in [-0.1, -0.05) is 18.2 Å². The number of nitrogens with one attached hydrogen (secondary N) is 1. The molecule has 6 nitrogen and oxygen atoms in total. The highest BCUT2D eigenvalue weighted by molar-refractivity contribution is 7.89. The number of sulfonamides is 1. The minimum absolute atomic E-state index is 0.0504. The summed E-state index contributed by atoms with van der Waals surface area (Å²) in [5, 5.41) is 3.67. The van der Waals surface area contributed by atoms with Gasteiger partial charge in [-0.05, 0) is 26.0 Å². The van der Waals surface area contributed by atoms with E-state index in [-0.39, 0.29) is 17.9 Å². The predicted octanol–water partition coefficient (Wildman–Crippen LogP) is 1.29. The molecule has 1 aromatic carbocycles. The number of carbonyl (C=O) groups is 1. The first-order valence-corrected chi connectivity index (χ1v) is 7.19. The molecule has 0 amide bonds. The molecule has 0 atom stereocenters. The molecular weight excluding hydrogens is 268 g/mol. The van der Waals surface area contributed by atoms with Gasteiger partial charge in [0, 0.05) is 5.71 Å². The first kappa shape index (κ1) is 15.2. The lowest BCUT2D eigenvalue weighted by atomic mass is 10.3. The van der Waals surface area contributed by atoms with Gasteiger partial charge < -0.3 is 4.74 Å². The van der Waals surface area contributed by atoms with Gasteiger partial charge in [-0.15, -0.1) is 0 Å². The molecule has 0 aromatic heterocycles. The molecule has 0 spiro atoms. The Hall–Kier alpha value is -1.89. The van der Waals surface area contributed by atoms with E-state index in [1.165, 1.54) is 12.1 Å². The number of esters is 1. The van der Waals surface area contributed by atoms with Crippen LogP contribution in [0.2, 0.25) is 0 Å². The SMILES string of the molecule is CCOC(=O)CC(C)=NNS(=O)(=O)c1ccccc1. The molecule has 0 aliphatic rings. The first-order valence-electron chi connectivity index (χ1n) is 5.71. The molecule has 104 valence electrons. The van der Waals surface area contributed by atoms with E-state index in [0.29, 0.717) is 5.71 Å². The van der Waals surface area contributed by atoms with Crippen molar-refractivity contribution in [1.29, 1.82) is 0 Å². The minimum Gasteiger partial charge on any atom is -0.466 e. The van der Waals surface area contributed by atoms with Crippen molar-refractivity contribution in [3.8, 4) is 0 Å². The Balaban J connectivity index is 2.67. The first-order chi connectivity index (χ1) is 8.95. The average molecular weight is 284 g/mol. The van der Waals surface area contributed by atoms with Crippen molar-refractivity contribution in [1.82, 2.24) is 4.83 Å². The van der Waals surface area contributed by atoms with Crippen molar-refractivity contribution in [3.63, 3.8) is 0 Å². The van der Waals surface area contributed by atoms with E-state index in [1.807, 2.05) is 0 Å². The fourth-order valence-corrected chi connectivity index (χ4v) is 2.15. The van der Waals surface area contributed by atoms with Crippen LogP contribution in [0.1, 0.15) is 20.3 Å². The maximum absolute atomic E-state index is 11.8. The Labute approximate surface area is 112 Å². The van der Waals surface area contributed by atoms with Gasteiger partial charge in [0.25, 0.3) is 10.0 Å². The predicted molar refractivity (Wildman–Crippen MR) is 71.1 cm³/mol. The topological polar surface area (TPSA) is 84.8 Å². The summed E-state index contributed by atoms with van der Waals surface area (Å²) in [7, 11) is -3.69. The summed E-state index contributed by atoms with van der Waals surface area (Å²) in [5.74, 6) is -0.442. The largest absolute Gasteiger partial charge is 0.466 e. The fraction of sp³-hybridized carbons (Fsp3) is 0.333. The highest BCUT2D eigenvalue weighted by Gasteiger charge is 2.12. The second-order valence-electron chi connectivity index (χ2n) is 3.74. The molecule has 0 unspecified atom stereocenters. The second-order valence-corrected chi connectivity index (χ2v) is 5.40. The van der Waals surface area contributed by atoms with Crippen LogP contribution in [-0.2, 0) is 19.6 Å². The Morgan fingerprint density at radius 1 is 1.32 bits per heavy atom. The number of nitrogens with zero attached hydrogens (tertiary/aromatic N) is 1. The number of ether oxygens (including phenoxy) is 1. The van der Waals surface area contributed by atoms with Crippen molar-refractivity contribution < 1.29 is 17.9 Å². The van der Waals surface area contributed by atoms with E-state index in [1.54, 1.807) is 32.0 Å². The highest BCUT2D eigenvalue weighted by Crippen LogP contribution is 2.06. The molecule has 0 aliphatic heterocycles. The molecule has 19 heavy (non-hydrogen) atoms. The summed E-state index contributed by atoms with van der Waals surface area (Å²) in [5.41, 5.74) is 0.331. The zero-order valence-corrected chi connectivity index (χ0v) is 11.6. The Bertz CT molecular complexity index is 552. The van der Waals surface area contributed by atoms with Gasteiger partial charge in [-0.3, -0.25) is 4.79 Å². The lowest BCUT2D eigenvalue weighted by Crippen LogP contribution is -2.20. The summed E-state index contributed by atoms with van der Waals surface area (Å²) < 4.78 is 28.4. The summed E-state index contributed by atoms with van der Waals surface area (Å²) in [6.07, 6.45) is -0.0504. The number of hydrogen-bond acceptors (Lipinski definition) is 5. The van der Waals surface area contributed by atoms with Crippen LogP contribution in [0.4, 0.5) is 0 Å². The molecule has 1 rings (SSSR count). The van der Waals surface area contributed by atoms with Crippen LogP contribution in [0, 0.1) is 0 Å². The summed E-state index contributed by atoms with van der Waals surface area (Å²) in [4.78, 5) is 13.4. The van der Waals surface area contributed by atoms with Crippen molar-refractivity contribution in [2.24, 2.45) is 5.10 Å². The third-order valence-electron chi connectivity index (χ3n) is 2.12. The molecular formula is C12H16N2O4S. The summed E-state index contributed by atoms with van der Waals surface area (Å²) in [6.45, 7) is 3.52. The number of rotatable bonds is 6. The Kier molecular flexibility index (Phi) is 5.50. The normalized spacial score (nSPS) is 12.0. The quantitative estimate of drug-likeness (QED) is 0.484. The average Bonchev–Trinajstić information content (AvgIpc) is 2.38. The molecule has 0 aliphatic carbocycles. The smallest absolute Gasteiger partial charge is 0.311 e. The van der Waals surface area contributed by atoms with Crippen LogP contribution < -0.4 is 4.83 Å². The number of benzene rings is 1. The summed E-state index contributed by atoms with van der Waals surface area (Å²) >= 11 is 0. The van der Waals surface area contributed by atoms with Crippen LogP contribution >= 0.6 is 0 Å². The maximum atomic E-state index is 11.8. The number of hydrogen-bond donors (Lipinski definition) is 1. The van der Waals surface area contributed by atoms with E-state index in [9.17, 15) is 13.2 Å². The molecule has 0 fully saturated rings. The van der Waals surface area contributed by atoms with E-state index >= 15 is 0 Å². The second kappa shape index (κ2) is 6.89. The zero-order valence-electron chi connectivity index (χ0n) is 10.8. The summed E-state index contributed by atoms with van der Waals surface area (Å²) in [6, 6.07) is 7.86. The molecule has 7 heteroatoms. The van der Waals surface area contributed by atoms with Gasteiger partial charge in [0.2, 0.25) is 0 Å². The van der Waals surface area contributed by atoms with Crippen LogP contribution in [0.5, 0.6) is 0 Å². The lowest BCUT2D eigenvalue weighted by Gasteiger charge is -2.05. The van der Waals surface area contributed by atoms with Crippen molar-refractivity contribution in [3.05, 3.63) is 30.3 Å². The van der Waals surface area contributed by atoms with Gasteiger partial charge in [-0.25, -0.2) is 4.83 Å². The molecule has 1 aromatic rings. The van der Waals surface area contributed by atoms with Crippen LogP contribution in [-0.4, -0.2) is 26.7 Å². The molecule has 0 bridgehead atoms. The van der Waals surface area contributed by atoms with E-state index in [4.69, 9.17) is 4.74 Å². The van der Waals surface area contributed by atoms with Crippen molar-refractivity contribution in [2.75, 3.05) is 6.61 Å². The standard InChI is InChI=1S/C12H16N2O4S/c1-3-18-12(15)9-10(2)13-14-19(16,17)11-7-5-4-6-8-11/h4-8,14H,3,9H2,1-2H3. The number of carbonyl (C=O) groups excluding carboxylic acids is 1. The fourth-order valence-electron chi connectivity index (χ4n) is 1.25. The third-order valence-corrected chi connectivity index (χ3v) is 3.34. The Morgan fingerprint density at radius 2 is 1.95 bits per heavy atom. The molecule has 0 heterocycles. The minimum atomic E-state index is -3.69. The van der Waals surface area contributed by atoms with Gasteiger partial charge in [0.1, 0.15) is 0 Å². The van der Waals surface area contributed by atoms with Crippen LogP contribution in [0.25, 0.3) is 0 Å². The van der Waals surface area contributed by atoms with E-state index < -0.39 is 16.0 Å².